The Bertz CT molecular complexity index is 910. The molecule has 3 rings (SSSR count). The summed E-state index contributed by atoms with van der Waals surface area (Å²) in [4.78, 5) is 36.4. The Morgan fingerprint density at radius 3 is 2.50 bits per heavy atom. The molecular formula is C14H14N4O4. The van der Waals surface area contributed by atoms with Crippen molar-refractivity contribution in [2.45, 2.75) is 0 Å². The molecule has 22 heavy (non-hydrogen) atoms. The molecule has 1 aromatic heterocycles. The van der Waals surface area contributed by atoms with Crippen molar-refractivity contribution in [1.29, 1.82) is 0 Å². The van der Waals surface area contributed by atoms with Gasteiger partial charge in [-0.1, -0.05) is 6.07 Å². The number of anilines is 2. The molecule has 0 bridgehead atoms. The molecular weight excluding hydrogens is 288 g/mol. The van der Waals surface area contributed by atoms with Crippen molar-refractivity contribution in [3.63, 3.8) is 0 Å². The number of nitrogens with one attached hydrogen (secondary N) is 2. The Kier molecular flexibility index (Phi) is 3.01. The third kappa shape index (κ3) is 1.80. The zero-order valence-corrected chi connectivity index (χ0v) is 12.3. The van der Waals surface area contributed by atoms with Gasteiger partial charge in [0.1, 0.15) is 0 Å². The summed E-state index contributed by atoms with van der Waals surface area (Å²) in [6.07, 6.45) is 0. The highest BCUT2D eigenvalue weighted by Gasteiger charge is 2.27. The van der Waals surface area contributed by atoms with E-state index in [9.17, 15) is 14.4 Å². The van der Waals surface area contributed by atoms with E-state index >= 15 is 0 Å². The third-order valence-corrected chi connectivity index (χ3v) is 3.62. The molecule has 0 radical (unpaired) electrons. The van der Waals surface area contributed by atoms with Gasteiger partial charge in [-0.25, -0.2) is 9.36 Å². The normalized spacial score (nSPS) is 11.8. The van der Waals surface area contributed by atoms with Crippen molar-refractivity contribution < 1.29 is 9.53 Å². The molecule has 114 valence electrons. The molecule has 0 atom stereocenters. The van der Waals surface area contributed by atoms with Crippen LogP contribution >= 0.6 is 0 Å². The number of aromatic nitrogens is 2. The largest absolute Gasteiger partial charge is 0.446 e. The maximum absolute atomic E-state index is 12.3. The summed E-state index contributed by atoms with van der Waals surface area (Å²) < 4.78 is 7.94. The van der Waals surface area contributed by atoms with E-state index < -0.39 is 11.1 Å². The lowest BCUT2D eigenvalue weighted by Gasteiger charge is -2.23. The summed E-state index contributed by atoms with van der Waals surface area (Å²) in [5.74, 6) is -0.239. The van der Waals surface area contributed by atoms with Gasteiger partial charge in [-0.15, -0.1) is 0 Å². The summed E-state index contributed by atoms with van der Waals surface area (Å²) in [6, 6.07) is 4.91. The van der Waals surface area contributed by atoms with Gasteiger partial charge in [0.15, 0.2) is 11.4 Å². The maximum Gasteiger partial charge on any atom is 0.310 e. The van der Waals surface area contributed by atoms with Crippen LogP contribution in [0.25, 0.3) is 0 Å². The molecule has 1 aliphatic rings. The summed E-state index contributed by atoms with van der Waals surface area (Å²) >= 11 is 0. The summed E-state index contributed by atoms with van der Waals surface area (Å²) in [5, 5.41) is 5.39. The Morgan fingerprint density at radius 2 is 1.82 bits per heavy atom. The zero-order chi connectivity index (χ0) is 16.0. The molecule has 1 amide bonds. The van der Waals surface area contributed by atoms with Gasteiger partial charge in [0, 0.05) is 21.1 Å². The Morgan fingerprint density at radius 1 is 1.14 bits per heavy atom. The van der Waals surface area contributed by atoms with Crippen molar-refractivity contribution in [1.82, 2.24) is 14.7 Å². The number of nitrogens with zero attached hydrogens (tertiary/aromatic N) is 2. The van der Waals surface area contributed by atoms with E-state index in [1.807, 2.05) is 0 Å². The molecule has 1 aliphatic heterocycles. The van der Waals surface area contributed by atoms with Crippen LogP contribution in [0.5, 0.6) is 11.5 Å². The molecule has 2 N–H and O–H groups in total. The Hall–Kier alpha value is -3.03. The van der Waals surface area contributed by atoms with Crippen LogP contribution in [0, 0.1) is 0 Å². The van der Waals surface area contributed by atoms with E-state index in [0.29, 0.717) is 5.69 Å². The predicted molar refractivity (Wildman–Crippen MR) is 80.1 cm³/mol. The van der Waals surface area contributed by atoms with Crippen LogP contribution in [0.2, 0.25) is 0 Å². The highest BCUT2D eigenvalue weighted by molar-refractivity contribution is 5.99. The SMILES string of the molecule is CNC(=O)c1cccc2c1Oc1c(c(=O)n(C)n(C)c1=O)N2. The van der Waals surface area contributed by atoms with Crippen molar-refractivity contribution in [2.75, 3.05) is 12.4 Å². The van der Waals surface area contributed by atoms with Crippen LogP contribution in [-0.2, 0) is 14.1 Å². The minimum Gasteiger partial charge on any atom is -0.446 e. The fourth-order valence-electron chi connectivity index (χ4n) is 2.29. The zero-order valence-electron chi connectivity index (χ0n) is 12.3. The molecule has 0 saturated heterocycles. The van der Waals surface area contributed by atoms with E-state index in [1.54, 1.807) is 18.2 Å². The van der Waals surface area contributed by atoms with Gasteiger partial charge >= 0.3 is 5.56 Å². The van der Waals surface area contributed by atoms with Crippen LogP contribution in [0.3, 0.4) is 0 Å². The Labute approximate surface area is 124 Å². The van der Waals surface area contributed by atoms with Crippen molar-refractivity contribution in [3.8, 4) is 11.5 Å². The van der Waals surface area contributed by atoms with Gasteiger partial charge in [0.2, 0.25) is 5.75 Å². The van der Waals surface area contributed by atoms with E-state index in [1.165, 1.54) is 25.8 Å². The monoisotopic (exact) mass is 302 g/mol. The fraction of sp³-hybridized carbons (Fsp3) is 0.214. The van der Waals surface area contributed by atoms with Crippen molar-refractivity contribution in [2.24, 2.45) is 14.1 Å². The van der Waals surface area contributed by atoms with E-state index in [0.717, 1.165) is 4.68 Å². The van der Waals surface area contributed by atoms with Crippen LogP contribution in [0.1, 0.15) is 10.4 Å². The second-order valence-corrected chi connectivity index (χ2v) is 4.85. The van der Waals surface area contributed by atoms with Gasteiger partial charge in [-0.3, -0.25) is 14.4 Å². The quantitative estimate of drug-likeness (QED) is 0.674. The highest BCUT2D eigenvalue weighted by Crippen LogP contribution is 2.40. The predicted octanol–water partition coefficient (Wildman–Crippen LogP) is 0.293. The van der Waals surface area contributed by atoms with Crippen LogP contribution < -0.4 is 26.5 Å². The third-order valence-electron chi connectivity index (χ3n) is 3.62. The lowest BCUT2D eigenvalue weighted by molar-refractivity contribution is 0.0961. The topological polar surface area (TPSA) is 94.4 Å². The smallest absolute Gasteiger partial charge is 0.310 e. The minimum atomic E-state index is -0.470. The highest BCUT2D eigenvalue weighted by atomic mass is 16.5. The van der Waals surface area contributed by atoms with Gasteiger partial charge in [-0.05, 0) is 12.1 Å². The number of carbonyl (C=O) groups excluding carboxylic acids is 1. The number of rotatable bonds is 1. The van der Waals surface area contributed by atoms with Gasteiger partial charge < -0.3 is 15.4 Å². The molecule has 2 aromatic rings. The second-order valence-electron chi connectivity index (χ2n) is 4.85. The average Bonchev–Trinajstić information content (AvgIpc) is 2.55. The van der Waals surface area contributed by atoms with Crippen molar-refractivity contribution in [3.05, 3.63) is 44.5 Å². The first kappa shape index (κ1) is 13.9. The van der Waals surface area contributed by atoms with Gasteiger partial charge in [0.25, 0.3) is 11.5 Å². The number of ether oxygens (including phenoxy) is 1. The molecule has 0 saturated carbocycles. The van der Waals surface area contributed by atoms with Crippen LogP contribution in [0.15, 0.2) is 27.8 Å². The number of hydrogen-bond acceptors (Lipinski definition) is 5. The van der Waals surface area contributed by atoms with E-state index in [2.05, 4.69) is 10.6 Å². The minimum absolute atomic E-state index is 0.0622. The first-order chi connectivity index (χ1) is 10.5. The number of fused-ring (bicyclic) bond motifs is 2. The summed E-state index contributed by atoms with van der Waals surface area (Å²) in [6.45, 7) is 0. The molecule has 0 aliphatic carbocycles. The molecule has 0 fully saturated rings. The molecule has 0 unspecified atom stereocenters. The molecule has 8 heteroatoms. The number of benzene rings is 1. The fourth-order valence-corrected chi connectivity index (χ4v) is 2.29. The molecule has 2 heterocycles. The standard InChI is InChI=1S/C14H14N4O4/c1-15-12(19)7-5-4-6-8-10(7)22-11-9(16-8)13(20)17(2)18(3)14(11)21/h4-6,16H,1-3H3,(H,15,19). The van der Waals surface area contributed by atoms with E-state index in [4.69, 9.17) is 4.74 Å². The van der Waals surface area contributed by atoms with Crippen LogP contribution in [-0.4, -0.2) is 22.3 Å². The number of carbonyl (C=O) groups is 1. The average molecular weight is 302 g/mol. The van der Waals surface area contributed by atoms with Crippen molar-refractivity contribution >= 4 is 17.3 Å². The molecule has 0 spiro atoms. The number of hydrogen-bond donors (Lipinski definition) is 2. The van der Waals surface area contributed by atoms with Gasteiger partial charge in [0.05, 0.1) is 11.3 Å². The molecule has 1 aromatic carbocycles. The van der Waals surface area contributed by atoms with E-state index in [-0.39, 0.29) is 28.7 Å². The second kappa shape index (κ2) is 4.76. The lowest BCUT2D eigenvalue weighted by atomic mass is 10.1. The first-order valence-electron chi connectivity index (χ1n) is 6.56. The lowest BCUT2D eigenvalue weighted by Crippen LogP contribution is -2.38. The summed E-state index contributed by atoms with van der Waals surface area (Å²) in [7, 11) is 4.45. The number of para-hydroxylation sites is 1. The number of amides is 1. The van der Waals surface area contributed by atoms with Crippen LogP contribution in [0.4, 0.5) is 11.4 Å². The summed E-state index contributed by atoms with van der Waals surface area (Å²) in [5.41, 5.74) is -0.0676. The Balaban J connectivity index is 2.26. The molecule has 8 nitrogen and oxygen atoms in total. The maximum atomic E-state index is 12.3. The first-order valence-corrected chi connectivity index (χ1v) is 6.56. The van der Waals surface area contributed by atoms with Gasteiger partial charge in [-0.2, -0.15) is 0 Å².